The highest BCUT2D eigenvalue weighted by Gasteiger charge is 2.62. The van der Waals surface area contributed by atoms with Crippen molar-refractivity contribution in [3.63, 3.8) is 0 Å². The molecule has 0 bridgehead atoms. The van der Waals surface area contributed by atoms with Gasteiger partial charge in [-0.15, -0.1) is 0 Å². The Morgan fingerprint density at radius 2 is 1.31 bits per heavy atom. The quantitative estimate of drug-likeness (QED) is 0.459. The average Bonchev–Trinajstić information content (AvgIpc) is 2.95. The van der Waals surface area contributed by atoms with E-state index in [0.29, 0.717) is 6.07 Å². The molecule has 3 rings (SSSR count). The van der Waals surface area contributed by atoms with Crippen molar-refractivity contribution in [2.45, 2.75) is 24.6 Å². The van der Waals surface area contributed by atoms with E-state index in [4.69, 9.17) is 5.73 Å². The summed E-state index contributed by atoms with van der Waals surface area (Å²) in [7, 11) is 0. The van der Waals surface area contributed by atoms with Crippen molar-refractivity contribution in [1.29, 1.82) is 0 Å². The number of nitrogens with zero attached hydrogens (tertiary/aromatic N) is 1. The van der Waals surface area contributed by atoms with Gasteiger partial charge in [-0.2, -0.15) is 43.9 Å². The SMILES string of the molecule is Nc1c2c(cc(=O)n1-c1cc(OC(F)(F)C(F)(F)F)ccc1OC(F)(F)C(F)(F)F)C(=O)NC2=O. The Bertz CT molecular complexity index is 1280. The van der Waals surface area contributed by atoms with E-state index in [1.165, 1.54) is 0 Å². The van der Waals surface area contributed by atoms with Gasteiger partial charge in [0.05, 0.1) is 16.8 Å². The van der Waals surface area contributed by atoms with E-state index in [1.54, 1.807) is 5.32 Å². The molecule has 18 heteroatoms. The number of halogens is 10. The van der Waals surface area contributed by atoms with Crippen LogP contribution in [0.25, 0.3) is 5.69 Å². The number of amides is 2. The number of pyridine rings is 1. The summed E-state index contributed by atoms with van der Waals surface area (Å²) in [5, 5.41) is 1.70. The third kappa shape index (κ3) is 4.42. The number of alkyl halides is 10. The molecule has 2 aromatic rings. The van der Waals surface area contributed by atoms with Gasteiger partial charge < -0.3 is 15.2 Å². The van der Waals surface area contributed by atoms with Crippen LogP contribution in [0.3, 0.4) is 0 Å². The second kappa shape index (κ2) is 7.77. The Labute approximate surface area is 184 Å². The predicted octanol–water partition coefficient (Wildman–Crippen LogP) is 3.37. The molecule has 0 fully saturated rings. The molecule has 1 aromatic heterocycles. The molecule has 8 nitrogen and oxygen atoms in total. The Hall–Kier alpha value is -3.99. The number of imide groups is 1. The summed E-state index contributed by atoms with van der Waals surface area (Å²) >= 11 is 0. The van der Waals surface area contributed by atoms with Crippen LogP contribution in [0.1, 0.15) is 20.7 Å². The molecule has 0 radical (unpaired) electrons. The van der Waals surface area contributed by atoms with Crippen molar-refractivity contribution in [2.24, 2.45) is 0 Å². The van der Waals surface area contributed by atoms with Crippen molar-refractivity contribution in [3.05, 3.63) is 45.7 Å². The number of nitrogens with two attached hydrogens (primary N) is 1. The largest absolute Gasteiger partial charge is 0.499 e. The van der Waals surface area contributed by atoms with Crippen LogP contribution in [-0.2, 0) is 0 Å². The van der Waals surface area contributed by atoms with E-state index >= 15 is 0 Å². The van der Waals surface area contributed by atoms with Gasteiger partial charge in [-0.1, -0.05) is 0 Å². The Morgan fingerprint density at radius 3 is 1.86 bits per heavy atom. The van der Waals surface area contributed by atoms with Crippen molar-refractivity contribution in [3.8, 4) is 17.2 Å². The number of ether oxygens (including phenoxy) is 2. The second-order valence-electron chi connectivity index (χ2n) is 6.64. The first-order chi connectivity index (χ1) is 15.8. The summed E-state index contributed by atoms with van der Waals surface area (Å²) < 4.78 is 136. The van der Waals surface area contributed by atoms with Crippen LogP contribution >= 0.6 is 0 Å². The number of benzene rings is 1. The smallest absolute Gasteiger partial charge is 0.426 e. The monoisotopic (exact) mass is 523 g/mol. The molecule has 1 aliphatic heterocycles. The zero-order valence-corrected chi connectivity index (χ0v) is 16.2. The minimum absolute atomic E-state index is 0.000266. The number of aromatic nitrogens is 1. The number of hydrogen-bond donors (Lipinski definition) is 2. The van der Waals surface area contributed by atoms with Crippen LogP contribution in [-0.4, -0.2) is 41.0 Å². The second-order valence-corrected chi connectivity index (χ2v) is 6.64. The summed E-state index contributed by atoms with van der Waals surface area (Å²) in [5.74, 6) is -6.54. The molecule has 1 aromatic carbocycles. The lowest BCUT2D eigenvalue weighted by Gasteiger charge is -2.24. The van der Waals surface area contributed by atoms with Crippen molar-refractivity contribution >= 4 is 17.6 Å². The molecule has 0 atom stereocenters. The molecular formula is C17H7F10N3O5. The first-order valence-corrected chi connectivity index (χ1v) is 8.59. The molecule has 0 unspecified atom stereocenters. The van der Waals surface area contributed by atoms with Gasteiger partial charge in [0, 0.05) is 12.1 Å². The molecule has 0 saturated heterocycles. The summed E-state index contributed by atoms with van der Waals surface area (Å²) in [6.07, 6.45) is -24.5. The standard InChI is InChI=1S/C17H7F10N3O5/c18-14(19,20)16(24,25)34-5-1-2-8(35-17(26,27)15(21,22)23)7(3-5)30-9(31)4-6-10(11(30)28)13(33)29-12(6)32/h1-4H,28H2,(H,29,32,33). The van der Waals surface area contributed by atoms with Gasteiger partial charge in [-0.3, -0.25) is 24.3 Å². The number of carbonyl (C=O) groups is 2. The van der Waals surface area contributed by atoms with Gasteiger partial charge in [-0.05, 0) is 12.1 Å². The van der Waals surface area contributed by atoms with Crippen molar-refractivity contribution in [2.75, 3.05) is 5.73 Å². The van der Waals surface area contributed by atoms with Gasteiger partial charge in [-0.25, -0.2) is 0 Å². The maximum Gasteiger partial charge on any atom is 0.499 e. The molecule has 2 amide bonds. The lowest BCUT2D eigenvalue weighted by atomic mass is 10.1. The summed E-state index contributed by atoms with van der Waals surface area (Å²) in [6, 6.07) is 0.548. The fourth-order valence-electron chi connectivity index (χ4n) is 2.75. The third-order valence-electron chi connectivity index (χ3n) is 4.27. The summed E-state index contributed by atoms with van der Waals surface area (Å²) in [6.45, 7) is 0. The first-order valence-electron chi connectivity index (χ1n) is 8.59. The highest BCUT2D eigenvalue weighted by Crippen LogP contribution is 2.42. The van der Waals surface area contributed by atoms with Gasteiger partial charge in [0.15, 0.2) is 5.75 Å². The average molecular weight is 523 g/mol. The lowest BCUT2D eigenvalue weighted by Crippen LogP contribution is -2.42. The molecule has 2 heterocycles. The molecular weight excluding hydrogens is 516 g/mol. The van der Waals surface area contributed by atoms with Crippen molar-refractivity contribution in [1.82, 2.24) is 9.88 Å². The number of carbonyl (C=O) groups excluding carboxylic acids is 2. The molecule has 1 aliphatic rings. The molecule has 0 spiro atoms. The predicted molar refractivity (Wildman–Crippen MR) is 91.5 cm³/mol. The Morgan fingerprint density at radius 1 is 0.771 bits per heavy atom. The van der Waals surface area contributed by atoms with Crippen LogP contribution in [0.4, 0.5) is 49.7 Å². The Kier molecular flexibility index (Phi) is 5.69. The van der Waals surface area contributed by atoms with E-state index < -0.39 is 76.1 Å². The van der Waals surface area contributed by atoms with Gasteiger partial charge in [0.25, 0.3) is 17.4 Å². The summed E-state index contributed by atoms with van der Waals surface area (Å²) in [5.41, 5.74) is 1.35. The van der Waals surface area contributed by atoms with E-state index in [-0.39, 0.29) is 22.8 Å². The molecule has 0 saturated carbocycles. The normalized spacial score (nSPS) is 14.6. The third-order valence-corrected chi connectivity index (χ3v) is 4.27. The van der Waals surface area contributed by atoms with E-state index in [1.807, 2.05) is 0 Å². The number of anilines is 1. The fourth-order valence-corrected chi connectivity index (χ4v) is 2.75. The van der Waals surface area contributed by atoms with Gasteiger partial charge >= 0.3 is 24.6 Å². The van der Waals surface area contributed by atoms with Crippen LogP contribution in [0, 0.1) is 0 Å². The number of nitrogen functional groups attached to an aromatic ring is 1. The van der Waals surface area contributed by atoms with Gasteiger partial charge in [0.1, 0.15) is 11.6 Å². The topological polar surface area (TPSA) is 113 Å². The molecule has 3 N–H and O–H groups in total. The maximum atomic E-state index is 13.5. The highest BCUT2D eigenvalue weighted by molar-refractivity contribution is 6.23. The highest BCUT2D eigenvalue weighted by atomic mass is 19.4. The molecule has 190 valence electrons. The minimum atomic E-state index is -6.34. The number of rotatable bonds is 5. The molecule has 0 aliphatic carbocycles. The Balaban J connectivity index is 2.27. The van der Waals surface area contributed by atoms with Crippen LogP contribution in [0.2, 0.25) is 0 Å². The zero-order chi connectivity index (χ0) is 26.7. The molecule has 35 heavy (non-hydrogen) atoms. The van der Waals surface area contributed by atoms with E-state index in [2.05, 4.69) is 9.47 Å². The first kappa shape index (κ1) is 25.6. The minimum Gasteiger partial charge on any atom is -0.426 e. The van der Waals surface area contributed by atoms with E-state index in [9.17, 15) is 58.3 Å². The van der Waals surface area contributed by atoms with Crippen LogP contribution < -0.4 is 26.1 Å². The lowest BCUT2D eigenvalue weighted by molar-refractivity contribution is -0.361. The summed E-state index contributed by atoms with van der Waals surface area (Å²) in [4.78, 5) is 36.1. The number of hydrogen-bond acceptors (Lipinski definition) is 6. The van der Waals surface area contributed by atoms with Crippen LogP contribution in [0.15, 0.2) is 29.1 Å². The number of fused-ring (bicyclic) bond motifs is 1. The fraction of sp³-hybridized carbons (Fsp3) is 0.235. The maximum absolute atomic E-state index is 13.5. The van der Waals surface area contributed by atoms with E-state index in [0.717, 1.165) is 0 Å². The van der Waals surface area contributed by atoms with Gasteiger partial charge in [0.2, 0.25) is 0 Å². The number of nitrogens with one attached hydrogen (secondary N) is 1. The zero-order valence-electron chi connectivity index (χ0n) is 16.2. The van der Waals surface area contributed by atoms with Crippen LogP contribution in [0.5, 0.6) is 11.5 Å². The van der Waals surface area contributed by atoms with Crippen molar-refractivity contribution < 1.29 is 63.0 Å².